The lowest BCUT2D eigenvalue weighted by Crippen LogP contribution is -2.35. The smallest absolute Gasteiger partial charge is 0.293 e. The maximum Gasteiger partial charge on any atom is 0.293 e. The molecule has 2 heterocycles. The van der Waals surface area contributed by atoms with Crippen LogP contribution < -0.4 is 10.9 Å². The summed E-state index contributed by atoms with van der Waals surface area (Å²) in [5.74, 6) is 0.400. The van der Waals surface area contributed by atoms with Crippen molar-refractivity contribution in [3.8, 4) is 0 Å². The molecule has 0 spiro atoms. The first-order valence-corrected chi connectivity index (χ1v) is 6.69. The van der Waals surface area contributed by atoms with Crippen LogP contribution in [0.5, 0.6) is 0 Å². The van der Waals surface area contributed by atoms with Gasteiger partial charge in [0.2, 0.25) is 0 Å². The van der Waals surface area contributed by atoms with E-state index in [0.29, 0.717) is 12.4 Å². The quantitative estimate of drug-likeness (QED) is 0.925. The van der Waals surface area contributed by atoms with Gasteiger partial charge in [0.1, 0.15) is 0 Å². The van der Waals surface area contributed by atoms with Gasteiger partial charge in [-0.1, -0.05) is 0 Å². The van der Waals surface area contributed by atoms with E-state index in [1.807, 2.05) is 32.9 Å². The topological polar surface area (TPSA) is 59.8 Å². The second-order valence-electron chi connectivity index (χ2n) is 5.65. The van der Waals surface area contributed by atoms with Gasteiger partial charge in [0.15, 0.2) is 5.82 Å². The molecule has 0 aliphatic heterocycles. The summed E-state index contributed by atoms with van der Waals surface area (Å²) in [6, 6.07) is 3.93. The largest absolute Gasteiger partial charge is 0.365 e. The third kappa shape index (κ3) is 3.44. The highest BCUT2D eigenvalue weighted by atomic mass is 16.1. The van der Waals surface area contributed by atoms with Crippen LogP contribution in [-0.4, -0.2) is 21.1 Å². The molecule has 0 saturated carbocycles. The molecule has 0 atom stereocenters. The summed E-state index contributed by atoms with van der Waals surface area (Å²) >= 11 is 0. The Morgan fingerprint density at radius 3 is 2.55 bits per heavy atom. The number of hydrogen-bond donors (Lipinski definition) is 1. The molecule has 0 amide bonds. The summed E-state index contributed by atoms with van der Waals surface area (Å²) in [7, 11) is 0. The molecular formula is C15H20N4O. The first-order chi connectivity index (χ1) is 9.48. The van der Waals surface area contributed by atoms with Gasteiger partial charge < -0.3 is 9.88 Å². The van der Waals surface area contributed by atoms with Crippen LogP contribution >= 0.6 is 0 Å². The van der Waals surface area contributed by atoms with Crippen LogP contribution in [0.15, 0.2) is 41.7 Å². The van der Waals surface area contributed by atoms with E-state index in [2.05, 4.69) is 15.3 Å². The molecule has 5 heteroatoms. The van der Waals surface area contributed by atoms with E-state index in [4.69, 9.17) is 0 Å². The summed E-state index contributed by atoms with van der Waals surface area (Å²) in [4.78, 5) is 20.4. The zero-order valence-corrected chi connectivity index (χ0v) is 12.1. The van der Waals surface area contributed by atoms with Gasteiger partial charge in [-0.05, 0) is 44.9 Å². The zero-order chi connectivity index (χ0) is 14.6. The lowest BCUT2D eigenvalue weighted by atomic mass is 10.1. The molecule has 0 saturated heterocycles. The van der Waals surface area contributed by atoms with Gasteiger partial charge >= 0.3 is 0 Å². The van der Waals surface area contributed by atoms with Crippen molar-refractivity contribution in [3.63, 3.8) is 0 Å². The van der Waals surface area contributed by atoms with Crippen molar-refractivity contribution in [2.45, 2.75) is 32.7 Å². The fourth-order valence-electron chi connectivity index (χ4n) is 1.94. The van der Waals surface area contributed by atoms with Gasteiger partial charge in [-0.2, -0.15) is 0 Å². The van der Waals surface area contributed by atoms with Crippen molar-refractivity contribution in [1.82, 2.24) is 14.5 Å². The van der Waals surface area contributed by atoms with Crippen LogP contribution in [-0.2, 0) is 12.0 Å². The Morgan fingerprint density at radius 1 is 1.20 bits per heavy atom. The Kier molecular flexibility index (Phi) is 4.17. The molecule has 0 unspecified atom stereocenters. The van der Waals surface area contributed by atoms with Crippen molar-refractivity contribution < 1.29 is 0 Å². The average molecular weight is 272 g/mol. The zero-order valence-electron chi connectivity index (χ0n) is 12.1. The minimum absolute atomic E-state index is 0.0882. The molecule has 0 bridgehead atoms. The highest BCUT2D eigenvalue weighted by molar-refractivity contribution is 5.31. The number of hydrogen-bond acceptors (Lipinski definition) is 4. The van der Waals surface area contributed by atoms with Crippen molar-refractivity contribution >= 4 is 5.82 Å². The minimum atomic E-state index is -0.248. The van der Waals surface area contributed by atoms with E-state index < -0.39 is 0 Å². The predicted molar refractivity (Wildman–Crippen MR) is 79.9 cm³/mol. The maximum atomic E-state index is 12.3. The van der Waals surface area contributed by atoms with Crippen LogP contribution in [0.25, 0.3) is 0 Å². The standard InChI is InChI=1S/C15H20N4O/c1-15(2,3)19-11-10-18-13(14(19)20)17-9-6-12-4-7-16-8-5-12/h4-5,7-8,10-11H,6,9H2,1-3H3,(H,17,18). The first-order valence-electron chi connectivity index (χ1n) is 6.69. The predicted octanol–water partition coefficient (Wildman–Crippen LogP) is 2.05. The van der Waals surface area contributed by atoms with Gasteiger partial charge in [-0.15, -0.1) is 0 Å². The van der Waals surface area contributed by atoms with Gasteiger partial charge in [-0.25, -0.2) is 4.98 Å². The molecular weight excluding hydrogens is 252 g/mol. The maximum absolute atomic E-state index is 12.3. The number of pyridine rings is 1. The van der Waals surface area contributed by atoms with Gasteiger partial charge in [0, 0.05) is 36.9 Å². The van der Waals surface area contributed by atoms with Crippen LogP contribution in [0.1, 0.15) is 26.3 Å². The summed E-state index contributed by atoms with van der Waals surface area (Å²) < 4.78 is 1.69. The second-order valence-corrected chi connectivity index (χ2v) is 5.65. The number of nitrogens with one attached hydrogen (secondary N) is 1. The van der Waals surface area contributed by atoms with Crippen LogP contribution in [0.4, 0.5) is 5.82 Å². The number of rotatable bonds is 4. The summed E-state index contributed by atoms with van der Waals surface area (Å²) in [6.07, 6.45) is 7.73. The molecule has 0 aliphatic carbocycles. The van der Waals surface area contributed by atoms with Gasteiger partial charge in [0.05, 0.1) is 0 Å². The lowest BCUT2D eigenvalue weighted by molar-refractivity contribution is 0.383. The molecule has 2 rings (SSSR count). The van der Waals surface area contributed by atoms with Crippen molar-refractivity contribution in [1.29, 1.82) is 0 Å². The van der Waals surface area contributed by atoms with Crippen molar-refractivity contribution in [2.24, 2.45) is 0 Å². The third-order valence-electron chi connectivity index (χ3n) is 3.02. The van der Waals surface area contributed by atoms with E-state index >= 15 is 0 Å². The van der Waals surface area contributed by atoms with E-state index in [1.54, 1.807) is 29.4 Å². The van der Waals surface area contributed by atoms with Crippen LogP contribution in [0.3, 0.4) is 0 Å². The van der Waals surface area contributed by atoms with Gasteiger partial charge in [0.25, 0.3) is 5.56 Å². The molecule has 1 N–H and O–H groups in total. The Morgan fingerprint density at radius 2 is 1.90 bits per heavy atom. The molecule has 0 aliphatic rings. The highest BCUT2D eigenvalue weighted by Crippen LogP contribution is 2.10. The minimum Gasteiger partial charge on any atom is -0.365 e. The summed E-state index contributed by atoms with van der Waals surface area (Å²) in [5, 5.41) is 3.11. The Labute approximate surface area is 118 Å². The van der Waals surface area contributed by atoms with Gasteiger partial charge in [-0.3, -0.25) is 9.78 Å². The number of nitrogens with zero attached hydrogens (tertiary/aromatic N) is 3. The second kappa shape index (κ2) is 5.86. The van der Waals surface area contributed by atoms with Crippen molar-refractivity contribution in [3.05, 3.63) is 52.8 Å². The van der Waals surface area contributed by atoms with E-state index in [9.17, 15) is 4.79 Å². The Bertz CT molecular complexity index is 614. The first kappa shape index (κ1) is 14.2. The SMILES string of the molecule is CC(C)(C)n1ccnc(NCCc2ccncc2)c1=O. The fourth-order valence-corrected chi connectivity index (χ4v) is 1.94. The highest BCUT2D eigenvalue weighted by Gasteiger charge is 2.16. The average Bonchev–Trinajstić information content (AvgIpc) is 2.40. The molecule has 106 valence electrons. The van der Waals surface area contributed by atoms with Crippen LogP contribution in [0.2, 0.25) is 0 Å². The molecule has 5 nitrogen and oxygen atoms in total. The third-order valence-corrected chi connectivity index (χ3v) is 3.02. The lowest BCUT2D eigenvalue weighted by Gasteiger charge is -2.22. The molecule has 2 aromatic rings. The normalized spacial score (nSPS) is 11.3. The van der Waals surface area contributed by atoms with Crippen LogP contribution in [0, 0.1) is 0 Å². The summed E-state index contributed by atoms with van der Waals surface area (Å²) in [6.45, 7) is 6.65. The number of aromatic nitrogens is 3. The molecule has 0 aromatic carbocycles. The van der Waals surface area contributed by atoms with E-state index in [1.165, 1.54) is 5.56 Å². The molecule has 20 heavy (non-hydrogen) atoms. The fraction of sp³-hybridized carbons (Fsp3) is 0.400. The Hall–Kier alpha value is -2.17. The van der Waals surface area contributed by atoms with Crippen molar-refractivity contribution in [2.75, 3.05) is 11.9 Å². The molecule has 0 radical (unpaired) electrons. The molecule has 2 aromatic heterocycles. The monoisotopic (exact) mass is 272 g/mol. The Balaban J connectivity index is 2.06. The van der Waals surface area contributed by atoms with E-state index in [0.717, 1.165) is 6.42 Å². The molecule has 0 fully saturated rings. The number of anilines is 1. The van der Waals surface area contributed by atoms with E-state index in [-0.39, 0.29) is 11.1 Å². The summed E-state index contributed by atoms with van der Waals surface area (Å²) in [5.41, 5.74) is 0.843.